The van der Waals surface area contributed by atoms with Gasteiger partial charge in [0.15, 0.2) is 0 Å². The van der Waals surface area contributed by atoms with E-state index in [9.17, 15) is 9.18 Å². The Labute approximate surface area is 169 Å². The van der Waals surface area contributed by atoms with Crippen molar-refractivity contribution in [1.29, 1.82) is 0 Å². The molecule has 1 saturated heterocycles. The summed E-state index contributed by atoms with van der Waals surface area (Å²) in [7, 11) is 3.78. The van der Waals surface area contributed by atoms with Crippen LogP contribution in [-0.2, 0) is 13.6 Å². The number of benzene rings is 1. The van der Waals surface area contributed by atoms with E-state index >= 15 is 0 Å². The van der Waals surface area contributed by atoms with Gasteiger partial charge in [-0.15, -0.1) is 0 Å². The van der Waals surface area contributed by atoms with E-state index in [1.807, 2.05) is 49.1 Å². The van der Waals surface area contributed by atoms with E-state index in [0.717, 1.165) is 37.3 Å². The third-order valence-electron chi connectivity index (χ3n) is 5.71. The molecule has 4 rings (SSSR count). The van der Waals surface area contributed by atoms with Crippen molar-refractivity contribution in [3.63, 3.8) is 0 Å². The first-order chi connectivity index (χ1) is 14.0. The number of carbonyl (C=O) groups is 1. The Morgan fingerprint density at radius 3 is 2.90 bits per heavy atom. The Morgan fingerprint density at radius 2 is 2.14 bits per heavy atom. The average molecular weight is 395 g/mol. The molecule has 1 unspecified atom stereocenters. The first-order valence-corrected chi connectivity index (χ1v) is 9.93. The van der Waals surface area contributed by atoms with Crippen LogP contribution in [0.2, 0.25) is 0 Å². The minimum absolute atomic E-state index is 0.0734. The lowest BCUT2D eigenvalue weighted by Gasteiger charge is -2.37. The summed E-state index contributed by atoms with van der Waals surface area (Å²) in [5.74, 6) is -0.250. The van der Waals surface area contributed by atoms with Crippen molar-refractivity contribution < 1.29 is 9.18 Å². The average Bonchev–Trinajstić information content (AvgIpc) is 3.37. The molecule has 0 aliphatic carbocycles. The minimum Gasteiger partial charge on any atom is -0.349 e. The van der Waals surface area contributed by atoms with Gasteiger partial charge < -0.3 is 9.47 Å². The summed E-state index contributed by atoms with van der Waals surface area (Å²) in [4.78, 5) is 17.0. The molecule has 7 heteroatoms. The lowest BCUT2D eigenvalue weighted by atomic mass is 10.0. The first kappa shape index (κ1) is 19.4. The van der Waals surface area contributed by atoms with Crippen LogP contribution in [-0.4, -0.2) is 56.7 Å². The number of halogens is 1. The van der Waals surface area contributed by atoms with Crippen LogP contribution in [0.15, 0.2) is 48.7 Å². The van der Waals surface area contributed by atoms with Gasteiger partial charge in [0.1, 0.15) is 17.2 Å². The summed E-state index contributed by atoms with van der Waals surface area (Å²) in [6.07, 6.45) is 3.87. The number of hydrogen-bond acceptors (Lipinski definition) is 3. The summed E-state index contributed by atoms with van der Waals surface area (Å²) in [6.45, 7) is 2.21. The molecule has 0 radical (unpaired) electrons. The number of hydrogen-bond donors (Lipinski definition) is 1. The maximum absolute atomic E-state index is 14.0. The number of likely N-dealkylation sites (N-methyl/N-ethyl adjacent to an activating group) is 1. The van der Waals surface area contributed by atoms with Crippen molar-refractivity contribution in [2.45, 2.75) is 25.4 Å². The maximum atomic E-state index is 14.0. The molecule has 6 nitrogen and oxygen atoms in total. The van der Waals surface area contributed by atoms with E-state index in [0.29, 0.717) is 17.8 Å². The second-order valence-electron chi connectivity index (χ2n) is 7.71. The van der Waals surface area contributed by atoms with Crippen LogP contribution in [0, 0.1) is 5.82 Å². The van der Waals surface area contributed by atoms with Gasteiger partial charge >= 0.3 is 0 Å². The van der Waals surface area contributed by atoms with E-state index in [1.54, 1.807) is 17.0 Å². The molecule has 1 fully saturated rings. The standard InChI is InChI=1S/C22H26FN5O/c1-26-11-6-10-21(26)19-13-20(25-24-19)22(29)27(2)17-8-5-12-28(15-17)14-16-7-3-4-9-18(16)23/h3-4,6-7,9-11,13,17H,5,8,12,14-15H2,1-2H3,(H,24,25). The molecule has 1 aromatic carbocycles. The van der Waals surface area contributed by atoms with Gasteiger partial charge in [-0.25, -0.2) is 4.39 Å². The summed E-state index contributed by atoms with van der Waals surface area (Å²) in [5, 5.41) is 7.18. The molecular formula is C22H26FN5O. The minimum atomic E-state index is -0.176. The van der Waals surface area contributed by atoms with E-state index in [2.05, 4.69) is 15.1 Å². The molecule has 2 aromatic heterocycles. The van der Waals surface area contributed by atoms with Gasteiger partial charge in [-0.2, -0.15) is 5.10 Å². The van der Waals surface area contributed by atoms with Crippen molar-refractivity contribution in [2.75, 3.05) is 20.1 Å². The number of nitrogens with zero attached hydrogens (tertiary/aromatic N) is 4. The van der Waals surface area contributed by atoms with Crippen LogP contribution in [0.4, 0.5) is 4.39 Å². The molecule has 1 aliphatic heterocycles. The molecule has 1 atom stereocenters. The lowest BCUT2D eigenvalue weighted by Crippen LogP contribution is -2.48. The number of amides is 1. The molecule has 0 spiro atoms. The number of aromatic nitrogens is 3. The molecule has 29 heavy (non-hydrogen) atoms. The van der Waals surface area contributed by atoms with E-state index in [-0.39, 0.29) is 17.8 Å². The lowest BCUT2D eigenvalue weighted by molar-refractivity contribution is 0.0602. The van der Waals surface area contributed by atoms with Gasteiger partial charge in [0.05, 0.1) is 5.69 Å². The number of likely N-dealkylation sites (tertiary alicyclic amines) is 1. The van der Waals surface area contributed by atoms with Gasteiger partial charge in [-0.3, -0.25) is 14.8 Å². The molecule has 152 valence electrons. The van der Waals surface area contributed by atoms with Gasteiger partial charge in [-0.1, -0.05) is 18.2 Å². The molecular weight excluding hydrogens is 369 g/mol. The summed E-state index contributed by atoms with van der Waals surface area (Å²) < 4.78 is 16.0. The zero-order valence-corrected chi connectivity index (χ0v) is 16.8. The SMILES string of the molecule is CN(C(=O)c1cc(-c2cccn2C)n[nH]1)C1CCCN(Cc2ccccc2F)C1. The highest BCUT2D eigenvalue weighted by molar-refractivity contribution is 5.93. The second-order valence-corrected chi connectivity index (χ2v) is 7.71. The van der Waals surface area contributed by atoms with Crippen LogP contribution in [0.25, 0.3) is 11.4 Å². The van der Waals surface area contributed by atoms with Gasteiger partial charge in [0.2, 0.25) is 0 Å². The van der Waals surface area contributed by atoms with Crippen LogP contribution < -0.4 is 0 Å². The van der Waals surface area contributed by atoms with Crippen LogP contribution >= 0.6 is 0 Å². The fourth-order valence-electron chi connectivity index (χ4n) is 4.00. The third-order valence-corrected chi connectivity index (χ3v) is 5.71. The number of nitrogens with one attached hydrogen (secondary N) is 1. The molecule has 0 bridgehead atoms. The number of carbonyl (C=O) groups excluding carboxylic acids is 1. The number of piperidine rings is 1. The quantitative estimate of drug-likeness (QED) is 0.721. The van der Waals surface area contributed by atoms with Crippen molar-refractivity contribution >= 4 is 5.91 Å². The van der Waals surface area contributed by atoms with Crippen LogP contribution in [0.3, 0.4) is 0 Å². The molecule has 3 heterocycles. The van der Waals surface area contributed by atoms with Gasteiger partial charge in [0, 0.05) is 45.0 Å². The second kappa shape index (κ2) is 8.21. The highest BCUT2D eigenvalue weighted by atomic mass is 19.1. The normalized spacial score (nSPS) is 17.4. The molecule has 3 aromatic rings. The maximum Gasteiger partial charge on any atom is 0.271 e. The summed E-state index contributed by atoms with van der Waals surface area (Å²) >= 11 is 0. The zero-order valence-electron chi connectivity index (χ0n) is 16.8. The zero-order chi connectivity index (χ0) is 20.4. The largest absolute Gasteiger partial charge is 0.349 e. The smallest absolute Gasteiger partial charge is 0.271 e. The van der Waals surface area contributed by atoms with Gasteiger partial charge in [-0.05, 0) is 43.7 Å². The molecule has 0 saturated carbocycles. The highest BCUT2D eigenvalue weighted by Gasteiger charge is 2.28. The monoisotopic (exact) mass is 395 g/mol. The highest BCUT2D eigenvalue weighted by Crippen LogP contribution is 2.22. The number of H-pyrrole nitrogens is 1. The van der Waals surface area contributed by atoms with Crippen molar-refractivity contribution in [2.24, 2.45) is 7.05 Å². The van der Waals surface area contributed by atoms with Crippen molar-refractivity contribution in [1.82, 2.24) is 24.6 Å². The van der Waals surface area contributed by atoms with Crippen LogP contribution in [0.5, 0.6) is 0 Å². The Bertz CT molecular complexity index is 995. The number of aryl methyl sites for hydroxylation is 1. The summed E-state index contributed by atoms with van der Waals surface area (Å²) in [5.41, 5.74) is 2.88. The Kier molecular flexibility index (Phi) is 5.49. The molecule has 1 N–H and O–H groups in total. The third kappa shape index (κ3) is 4.10. The number of rotatable bonds is 5. The van der Waals surface area contributed by atoms with Crippen LogP contribution in [0.1, 0.15) is 28.9 Å². The van der Waals surface area contributed by atoms with Crippen molar-refractivity contribution in [3.8, 4) is 11.4 Å². The molecule has 1 amide bonds. The first-order valence-electron chi connectivity index (χ1n) is 9.93. The van der Waals surface area contributed by atoms with Crippen molar-refractivity contribution in [3.05, 3.63) is 65.7 Å². The Hall–Kier alpha value is -2.93. The predicted molar refractivity (Wildman–Crippen MR) is 110 cm³/mol. The predicted octanol–water partition coefficient (Wildman–Crippen LogP) is 3.29. The molecule has 1 aliphatic rings. The Morgan fingerprint density at radius 1 is 1.31 bits per heavy atom. The van der Waals surface area contributed by atoms with E-state index < -0.39 is 0 Å². The number of aromatic amines is 1. The fraction of sp³-hybridized carbons (Fsp3) is 0.364. The Balaban J connectivity index is 1.43. The fourth-order valence-corrected chi connectivity index (χ4v) is 4.00. The van der Waals surface area contributed by atoms with Gasteiger partial charge in [0.25, 0.3) is 5.91 Å². The van der Waals surface area contributed by atoms with E-state index in [1.165, 1.54) is 6.07 Å². The van der Waals surface area contributed by atoms with E-state index in [4.69, 9.17) is 0 Å². The summed E-state index contributed by atoms with van der Waals surface area (Å²) in [6, 6.07) is 12.7. The topological polar surface area (TPSA) is 57.2 Å².